The maximum Gasteiger partial charge on any atom is 0.344 e. The van der Waals surface area contributed by atoms with Crippen LogP contribution in [0.5, 0.6) is 23.0 Å². The summed E-state index contributed by atoms with van der Waals surface area (Å²) in [5.41, 5.74) is 5.92. The lowest BCUT2D eigenvalue weighted by molar-refractivity contribution is -0.146. The first-order chi connectivity index (χ1) is 42.2. The summed E-state index contributed by atoms with van der Waals surface area (Å²) in [6, 6.07) is 15.5. The van der Waals surface area contributed by atoms with E-state index in [0.29, 0.717) is 44.5 Å². The number of benzene rings is 4. The van der Waals surface area contributed by atoms with Crippen LogP contribution in [-0.2, 0) is 117 Å². The summed E-state index contributed by atoms with van der Waals surface area (Å²) < 4.78 is 47.7. The third-order valence-corrected chi connectivity index (χ3v) is 15.7. The van der Waals surface area contributed by atoms with Gasteiger partial charge in [0.2, 0.25) is 0 Å². The molecule has 0 heterocycles. The van der Waals surface area contributed by atoms with Crippen molar-refractivity contribution in [2.24, 2.45) is 0 Å². The molecule has 0 radical (unpaired) electrons. The number of ether oxygens (including phenoxy) is 8. The summed E-state index contributed by atoms with van der Waals surface area (Å²) in [6.07, 6.45) is 4.83. The Hall–Kier alpha value is -8.40. The standard InChI is InChI=1S/C74H88O16/c1-17-83-61(77)39-87-67-47-21-43-35-59(75)36-44(65(43)81)22-49-29-57(73(11,12)13)33-53(69(49)89-41-63(79)85-19-3)26-54-34-58(74(14,15)16)30-50(70(54)90-42-64(80)86-20-4)24-46-38-60(76)37-45(66(46)82)23-48-28-56(72(8,9)10)32-52(68(48)88-40-62(78)84-18-2)25-51(67)31-55(27-47)71(5,6)7/h27-38H,17-26,39-42H2,1-16H3. The van der Waals surface area contributed by atoms with E-state index in [1.807, 2.05) is 132 Å². The van der Waals surface area contributed by atoms with Crippen molar-refractivity contribution in [1.82, 2.24) is 0 Å². The number of ketones is 4. The third-order valence-electron chi connectivity index (χ3n) is 15.7. The van der Waals surface area contributed by atoms with Crippen LogP contribution in [0.25, 0.3) is 0 Å². The zero-order valence-electron chi connectivity index (χ0n) is 55.4. The molecular formula is C74H88O16. The van der Waals surface area contributed by atoms with Gasteiger partial charge in [-0.15, -0.1) is 0 Å². The van der Waals surface area contributed by atoms with E-state index in [4.69, 9.17) is 37.9 Å². The van der Waals surface area contributed by atoms with Gasteiger partial charge in [0, 0.05) is 60.8 Å². The van der Waals surface area contributed by atoms with Crippen LogP contribution in [0.1, 0.15) is 178 Å². The van der Waals surface area contributed by atoms with Gasteiger partial charge in [-0.3, -0.25) is 19.2 Å². The van der Waals surface area contributed by atoms with E-state index in [1.165, 1.54) is 24.3 Å². The van der Waals surface area contributed by atoms with Crippen molar-refractivity contribution in [3.8, 4) is 23.0 Å². The molecule has 0 saturated carbocycles. The fourth-order valence-electron chi connectivity index (χ4n) is 11.1. The fourth-order valence-corrected chi connectivity index (χ4v) is 11.1. The molecular weight excluding hydrogens is 1140 g/mol. The summed E-state index contributed by atoms with van der Waals surface area (Å²) >= 11 is 0. The van der Waals surface area contributed by atoms with Crippen molar-refractivity contribution in [1.29, 1.82) is 0 Å². The molecule has 3 aliphatic rings. The third kappa shape index (κ3) is 17.5. The molecule has 7 rings (SSSR count). The van der Waals surface area contributed by atoms with E-state index in [9.17, 15) is 28.8 Å². The summed E-state index contributed by atoms with van der Waals surface area (Å²) in [4.78, 5) is 113. The van der Waals surface area contributed by atoms with Crippen LogP contribution < -0.4 is 18.9 Å². The lowest BCUT2D eigenvalue weighted by atomic mass is 9.79. The summed E-state index contributed by atoms with van der Waals surface area (Å²) in [7, 11) is 0. The molecule has 0 amide bonds. The quantitative estimate of drug-likeness (QED) is 0.0580. The average molecular weight is 1230 g/mol. The van der Waals surface area contributed by atoms with Crippen molar-refractivity contribution in [2.75, 3.05) is 52.9 Å². The maximum atomic E-state index is 15.4. The second kappa shape index (κ2) is 28.6. The highest BCUT2D eigenvalue weighted by Gasteiger charge is 2.33. The molecule has 0 N–H and O–H groups in total. The van der Waals surface area contributed by atoms with Gasteiger partial charge in [-0.1, -0.05) is 132 Å². The van der Waals surface area contributed by atoms with E-state index in [-0.39, 0.29) is 110 Å². The van der Waals surface area contributed by atoms with Crippen LogP contribution in [0.3, 0.4) is 0 Å². The number of esters is 4. The highest BCUT2D eigenvalue weighted by molar-refractivity contribution is 6.21. The molecule has 4 aromatic rings. The summed E-state index contributed by atoms with van der Waals surface area (Å²) in [5, 5.41) is 0. The number of hydrogen-bond acceptors (Lipinski definition) is 16. The predicted molar refractivity (Wildman–Crippen MR) is 342 cm³/mol. The van der Waals surface area contributed by atoms with Crippen LogP contribution in [0.2, 0.25) is 0 Å². The first-order valence-corrected chi connectivity index (χ1v) is 31.0. The molecule has 16 nitrogen and oxygen atoms in total. The Morgan fingerprint density at radius 1 is 0.311 bits per heavy atom. The van der Waals surface area contributed by atoms with Crippen molar-refractivity contribution in [3.05, 3.63) is 162 Å². The van der Waals surface area contributed by atoms with E-state index in [1.54, 1.807) is 27.7 Å². The Morgan fingerprint density at radius 3 is 0.656 bits per heavy atom. The molecule has 12 bridgehead atoms. The minimum atomic E-state index is -0.647. The molecule has 0 spiro atoms. The van der Waals surface area contributed by atoms with Gasteiger partial charge in [-0.2, -0.15) is 0 Å². The zero-order valence-corrected chi connectivity index (χ0v) is 55.4. The van der Waals surface area contributed by atoms with Crippen LogP contribution in [0.4, 0.5) is 0 Å². The van der Waals surface area contributed by atoms with Gasteiger partial charge in [-0.05, 0) is 140 Å². The molecule has 3 aliphatic carbocycles. The molecule has 0 aromatic heterocycles. The Bertz CT molecular complexity index is 3160. The molecule has 480 valence electrons. The second-order valence-electron chi connectivity index (χ2n) is 27.1. The van der Waals surface area contributed by atoms with E-state index in [2.05, 4.69) is 0 Å². The monoisotopic (exact) mass is 1230 g/mol. The first kappa shape index (κ1) is 69.1. The van der Waals surface area contributed by atoms with Gasteiger partial charge in [-0.25, -0.2) is 19.2 Å². The molecule has 0 fully saturated rings. The van der Waals surface area contributed by atoms with E-state index in [0.717, 1.165) is 22.3 Å². The van der Waals surface area contributed by atoms with Crippen LogP contribution in [0, 0.1) is 0 Å². The highest BCUT2D eigenvalue weighted by atomic mass is 16.6. The Morgan fingerprint density at radius 2 is 0.489 bits per heavy atom. The van der Waals surface area contributed by atoms with Crippen molar-refractivity contribution >= 4 is 47.0 Å². The van der Waals surface area contributed by atoms with Gasteiger partial charge in [0.25, 0.3) is 0 Å². The number of allylic oxidation sites excluding steroid dienone is 8. The number of carbonyl (C=O) groups excluding carboxylic acids is 8. The van der Waals surface area contributed by atoms with Crippen molar-refractivity contribution in [3.63, 3.8) is 0 Å². The average Bonchev–Trinajstić information content (AvgIpc) is 0.797. The molecule has 0 atom stereocenters. The Kier molecular flexibility index (Phi) is 22.0. The SMILES string of the molecule is CCOC(=O)COc1c2cc(C(C)(C)C)cc1Cc1cc(C(C)(C)C)cc(c1OCC(=O)OCC)CC1=CC(=O)C=C(Cc3cc(C(C)(C)C)cc(c3OCC(=O)OCC)Cc3cc(C(C)(C)C)cc(c3OCC(=O)OCC)CC3=CC(=O)C=C(C2)C3=O)C1=O. The maximum absolute atomic E-state index is 15.4. The minimum Gasteiger partial charge on any atom is -0.481 e. The lowest BCUT2D eigenvalue weighted by Gasteiger charge is -2.28. The van der Waals surface area contributed by atoms with Gasteiger partial charge in [0.05, 0.1) is 26.4 Å². The largest absolute Gasteiger partial charge is 0.481 e. The van der Waals surface area contributed by atoms with Crippen molar-refractivity contribution < 1.29 is 76.3 Å². The molecule has 0 saturated heterocycles. The number of carbonyl (C=O) groups is 8. The lowest BCUT2D eigenvalue weighted by Crippen LogP contribution is -2.22. The second-order valence-corrected chi connectivity index (χ2v) is 27.1. The van der Waals surface area contributed by atoms with Gasteiger partial charge in [0.15, 0.2) is 49.6 Å². The highest BCUT2D eigenvalue weighted by Crippen LogP contribution is 2.44. The number of fused-ring (bicyclic) bond motifs is 12. The van der Waals surface area contributed by atoms with Gasteiger partial charge in [0.1, 0.15) is 23.0 Å². The molecule has 0 aliphatic heterocycles. The molecule has 4 aromatic carbocycles. The fraction of sp³-hybridized carbons (Fsp3) is 0.459. The van der Waals surface area contributed by atoms with E-state index >= 15 is 9.59 Å². The van der Waals surface area contributed by atoms with Gasteiger partial charge >= 0.3 is 23.9 Å². The van der Waals surface area contributed by atoms with Crippen molar-refractivity contribution in [2.45, 2.75) is 171 Å². The zero-order chi connectivity index (χ0) is 66.2. The summed E-state index contributed by atoms with van der Waals surface area (Å²) in [6.45, 7) is 29.4. The Balaban J connectivity index is 1.59. The van der Waals surface area contributed by atoms with Crippen LogP contribution in [0.15, 0.2) is 95.1 Å². The smallest absolute Gasteiger partial charge is 0.344 e. The molecule has 90 heavy (non-hydrogen) atoms. The van der Waals surface area contributed by atoms with Crippen LogP contribution in [-0.4, -0.2) is 99.9 Å². The van der Waals surface area contributed by atoms with Gasteiger partial charge < -0.3 is 37.9 Å². The predicted octanol–water partition coefficient (Wildman–Crippen LogP) is 11.7. The minimum absolute atomic E-state index is 0.0420. The first-order valence-electron chi connectivity index (χ1n) is 31.0. The summed E-state index contributed by atoms with van der Waals surface area (Å²) in [5.74, 6) is -3.36. The number of hydrogen-bond donors (Lipinski definition) is 0. The molecule has 0 unspecified atom stereocenters. The van der Waals surface area contributed by atoms with E-state index < -0.39 is 95.1 Å². The van der Waals surface area contributed by atoms with Crippen LogP contribution >= 0.6 is 0 Å². The molecule has 16 heteroatoms. The topological polar surface area (TPSA) is 210 Å². The number of Topliss-reactive ketones (excluding diaryl/α,β-unsaturated/α-hetero) is 2. The Labute approximate surface area is 529 Å². The number of rotatable bonds is 16. The normalized spacial score (nSPS) is 14.8.